The molecule has 1 saturated carbocycles. The van der Waals surface area contributed by atoms with Crippen LogP contribution >= 0.6 is 0 Å². The lowest BCUT2D eigenvalue weighted by Gasteiger charge is -2.36. The third kappa shape index (κ3) is 2.82. The first-order chi connectivity index (χ1) is 8.50. The molecule has 3 N–H and O–H groups in total. The van der Waals surface area contributed by atoms with Crippen LogP contribution in [0.15, 0.2) is 18.2 Å². The Morgan fingerprint density at radius 1 is 1.39 bits per heavy atom. The van der Waals surface area contributed by atoms with Gasteiger partial charge in [0.1, 0.15) is 0 Å². The molecule has 2 rings (SSSR count). The van der Waals surface area contributed by atoms with Gasteiger partial charge in [-0.15, -0.1) is 0 Å². The molecular formula is C14H20N2O2. The normalized spacial score (nSPS) is 16.8. The Labute approximate surface area is 107 Å². The molecule has 0 radical (unpaired) electrons. The molecule has 0 unspecified atom stereocenters. The second kappa shape index (κ2) is 4.98. The number of amides is 2. The first-order valence-electron chi connectivity index (χ1n) is 6.34. The van der Waals surface area contributed by atoms with Crippen molar-refractivity contribution in [2.24, 2.45) is 0 Å². The molecule has 0 atom stereocenters. The van der Waals surface area contributed by atoms with E-state index in [1.165, 1.54) is 0 Å². The molecule has 18 heavy (non-hydrogen) atoms. The van der Waals surface area contributed by atoms with Crippen molar-refractivity contribution >= 4 is 11.7 Å². The minimum absolute atomic E-state index is 0.260. The van der Waals surface area contributed by atoms with Gasteiger partial charge in [-0.05, 0) is 50.3 Å². The van der Waals surface area contributed by atoms with Crippen molar-refractivity contribution in [2.75, 3.05) is 11.9 Å². The number of hydrogen-bond acceptors (Lipinski definition) is 2. The van der Waals surface area contributed by atoms with Crippen molar-refractivity contribution in [3.63, 3.8) is 0 Å². The highest BCUT2D eigenvalue weighted by Crippen LogP contribution is 2.30. The van der Waals surface area contributed by atoms with E-state index >= 15 is 0 Å². The highest BCUT2D eigenvalue weighted by atomic mass is 16.3. The molecule has 4 heteroatoms. The molecule has 0 heterocycles. The van der Waals surface area contributed by atoms with E-state index in [2.05, 4.69) is 10.6 Å². The van der Waals surface area contributed by atoms with E-state index in [1.54, 1.807) is 0 Å². The van der Waals surface area contributed by atoms with E-state index in [0.717, 1.165) is 36.1 Å². The lowest BCUT2D eigenvalue weighted by atomic mass is 9.80. The molecule has 4 nitrogen and oxygen atoms in total. The summed E-state index contributed by atoms with van der Waals surface area (Å²) in [6, 6.07) is 5.54. The molecule has 1 aliphatic carbocycles. The van der Waals surface area contributed by atoms with Crippen molar-refractivity contribution in [1.82, 2.24) is 5.32 Å². The Hall–Kier alpha value is -1.55. The molecule has 1 aromatic carbocycles. The zero-order chi connectivity index (χ0) is 13.2. The van der Waals surface area contributed by atoms with E-state index in [-0.39, 0.29) is 6.03 Å². The largest absolute Gasteiger partial charge is 0.388 e. The average Bonchev–Trinajstić information content (AvgIpc) is 2.30. The third-order valence-electron chi connectivity index (χ3n) is 3.72. The summed E-state index contributed by atoms with van der Waals surface area (Å²) >= 11 is 0. The first-order valence-corrected chi connectivity index (χ1v) is 6.34. The van der Waals surface area contributed by atoms with Gasteiger partial charge >= 0.3 is 6.03 Å². The number of anilines is 1. The maximum absolute atomic E-state index is 11.7. The number of carbonyl (C=O) groups excluding carboxylic acids is 1. The van der Waals surface area contributed by atoms with Gasteiger partial charge in [-0.3, -0.25) is 0 Å². The monoisotopic (exact) mass is 248 g/mol. The molecule has 0 bridgehead atoms. The minimum Gasteiger partial charge on any atom is -0.388 e. The van der Waals surface area contributed by atoms with Crippen LogP contribution in [-0.2, 0) is 0 Å². The number of aryl methyl sites for hydroxylation is 1. The van der Waals surface area contributed by atoms with Gasteiger partial charge in [0.2, 0.25) is 0 Å². The molecule has 0 aromatic heterocycles. The number of carbonyl (C=O) groups is 1. The van der Waals surface area contributed by atoms with Crippen LogP contribution in [0.1, 0.15) is 30.4 Å². The summed E-state index contributed by atoms with van der Waals surface area (Å²) in [5, 5.41) is 15.4. The van der Waals surface area contributed by atoms with E-state index in [1.807, 2.05) is 32.0 Å². The fourth-order valence-electron chi connectivity index (χ4n) is 2.06. The van der Waals surface area contributed by atoms with Gasteiger partial charge in [0.15, 0.2) is 0 Å². The molecule has 0 aliphatic heterocycles. The second-order valence-electron chi connectivity index (χ2n) is 5.13. The molecule has 2 amide bonds. The minimum atomic E-state index is -0.682. The Kier molecular flexibility index (Phi) is 3.57. The summed E-state index contributed by atoms with van der Waals surface area (Å²) in [7, 11) is 0. The fourth-order valence-corrected chi connectivity index (χ4v) is 2.06. The van der Waals surface area contributed by atoms with Crippen molar-refractivity contribution < 1.29 is 9.90 Å². The van der Waals surface area contributed by atoms with E-state index in [0.29, 0.717) is 6.54 Å². The number of nitrogens with one attached hydrogen (secondary N) is 2. The second-order valence-corrected chi connectivity index (χ2v) is 5.13. The Morgan fingerprint density at radius 2 is 2.11 bits per heavy atom. The molecule has 1 aromatic rings. The number of aliphatic hydroxyl groups is 1. The van der Waals surface area contributed by atoms with Crippen molar-refractivity contribution in [3.05, 3.63) is 29.3 Å². The van der Waals surface area contributed by atoms with E-state index in [9.17, 15) is 9.90 Å². The SMILES string of the molecule is Cc1cccc(NC(=O)NCC2(O)CCC2)c1C. The number of rotatable bonds is 3. The standard InChI is InChI=1S/C14H20N2O2/c1-10-5-3-6-12(11(10)2)16-13(17)15-9-14(18)7-4-8-14/h3,5-6,18H,4,7-9H2,1-2H3,(H2,15,16,17). The quantitative estimate of drug-likeness (QED) is 0.769. The van der Waals surface area contributed by atoms with Crippen LogP contribution < -0.4 is 10.6 Å². The van der Waals surface area contributed by atoms with Crippen molar-refractivity contribution in [1.29, 1.82) is 0 Å². The summed E-state index contributed by atoms with van der Waals surface area (Å²) in [5.41, 5.74) is 2.34. The topological polar surface area (TPSA) is 61.4 Å². The number of hydrogen-bond donors (Lipinski definition) is 3. The van der Waals surface area contributed by atoms with Crippen LogP contribution in [0, 0.1) is 13.8 Å². The maximum Gasteiger partial charge on any atom is 0.319 e. The summed E-state index contributed by atoms with van der Waals surface area (Å²) in [6.45, 7) is 4.31. The maximum atomic E-state index is 11.7. The summed E-state index contributed by atoms with van der Waals surface area (Å²) in [6.07, 6.45) is 2.59. The molecule has 0 spiro atoms. The van der Waals surface area contributed by atoms with Crippen LogP contribution in [0.5, 0.6) is 0 Å². The smallest absolute Gasteiger partial charge is 0.319 e. The zero-order valence-corrected chi connectivity index (χ0v) is 10.9. The van der Waals surface area contributed by atoms with Crippen molar-refractivity contribution in [3.8, 4) is 0 Å². The third-order valence-corrected chi connectivity index (χ3v) is 3.72. The number of urea groups is 1. The van der Waals surface area contributed by atoms with Gasteiger partial charge in [-0.25, -0.2) is 4.79 Å². The van der Waals surface area contributed by atoms with E-state index in [4.69, 9.17) is 0 Å². The zero-order valence-electron chi connectivity index (χ0n) is 10.9. The van der Waals surface area contributed by atoms with E-state index < -0.39 is 5.60 Å². The molecule has 1 fully saturated rings. The van der Waals surface area contributed by atoms with Gasteiger partial charge < -0.3 is 15.7 Å². The first kappa shape index (κ1) is 12.9. The predicted molar refractivity (Wildman–Crippen MR) is 71.7 cm³/mol. The molecule has 1 aliphatic rings. The lowest BCUT2D eigenvalue weighted by molar-refractivity contribution is -0.0287. The summed E-state index contributed by atoms with van der Waals surface area (Å²) in [5.74, 6) is 0. The molecule has 98 valence electrons. The lowest BCUT2D eigenvalue weighted by Crippen LogP contribution is -2.48. The van der Waals surface area contributed by atoms with Gasteiger partial charge in [-0.1, -0.05) is 12.1 Å². The molecular weight excluding hydrogens is 228 g/mol. The van der Waals surface area contributed by atoms with Crippen LogP contribution in [0.3, 0.4) is 0 Å². The van der Waals surface area contributed by atoms with Crippen LogP contribution in [0.2, 0.25) is 0 Å². The fraction of sp³-hybridized carbons (Fsp3) is 0.500. The van der Waals surface area contributed by atoms with Crippen LogP contribution in [0.25, 0.3) is 0 Å². The van der Waals surface area contributed by atoms with Gasteiger partial charge in [0.05, 0.1) is 5.60 Å². The van der Waals surface area contributed by atoms with Gasteiger partial charge in [0.25, 0.3) is 0 Å². The highest BCUT2D eigenvalue weighted by molar-refractivity contribution is 5.90. The summed E-state index contributed by atoms with van der Waals surface area (Å²) in [4.78, 5) is 11.7. The number of benzene rings is 1. The average molecular weight is 248 g/mol. The predicted octanol–water partition coefficient (Wildman–Crippen LogP) is 2.34. The van der Waals surface area contributed by atoms with Crippen LogP contribution in [-0.4, -0.2) is 23.3 Å². The Balaban J connectivity index is 1.89. The van der Waals surface area contributed by atoms with Gasteiger partial charge in [-0.2, -0.15) is 0 Å². The summed E-state index contributed by atoms with van der Waals surface area (Å²) < 4.78 is 0. The Morgan fingerprint density at radius 3 is 2.72 bits per heavy atom. The van der Waals surface area contributed by atoms with Crippen LogP contribution in [0.4, 0.5) is 10.5 Å². The molecule has 0 saturated heterocycles. The van der Waals surface area contributed by atoms with Gasteiger partial charge in [0, 0.05) is 12.2 Å². The van der Waals surface area contributed by atoms with Crippen molar-refractivity contribution in [2.45, 2.75) is 38.7 Å². The highest BCUT2D eigenvalue weighted by Gasteiger charge is 2.34. The Bertz CT molecular complexity index is 453.